The van der Waals surface area contributed by atoms with E-state index in [-0.39, 0.29) is 5.56 Å². The summed E-state index contributed by atoms with van der Waals surface area (Å²) in [4.78, 5) is 0. The van der Waals surface area contributed by atoms with Crippen LogP contribution in [0.2, 0.25) is 0 Å². The maximum Gasteiger partial charge on any atom is 0.161 e. The molecular formula is C14H12F3NO. The summed E-state index contributed by atoms with van der Waals surface area (Å²) in [5, 5.41) is 12.1. The molecule has 0 aromatic heterocycles. The lowest BCUT2D eigenvalue weighted by Gasteiger charge is -2.18. The van der Waals surface area contributed by atoms with Crippen molar-refractivity contribution in [1.29, 1.82) is 0 Å². The first-order valence-corrected chi connectivity index (χ1v) is 5.68. The van der Waals surface area contributed by atoms with Gasteiger partial charge in [0.05, 0.1) is 12.6 Å². The molecule has 19 heavy (non-hydrogen) atoms. The number of para-hydroxylation sites is 1. The van der Waals surface area contributed by atoms with Crippen molar-refractivity contribution in [3.05, 3.63) is 65.5 Å². The SMILES string of the molecule is OCC(Nc1ccccc1)c1cc(F)c(F)cc1F. The van der Waals surface area contributed by atoms with Gasteiger partial charge in [-0.05, 0) is 18.2 Å². The zero-order valence-corrected chi connectivity index (χ0v) is 9.91. The second-order valence-corrected chi connectivity index (χ2v) is 4.03. The van der Waals surface area contributed by atoms with Crippen LogP contribution < -0.4 is 5.32 Å². The second kappa shape index (κ2) is 5.75. The van der Waals surface area contributed by atoms with E-state index in [1.54, 1.807) is 30.3 Å². The number of halogens is 3. The standard InChI is InChI=1S/C14H12F3NO/c15-11-7-13(17)12(16)6-10(11)14(8-19)18-9-4-2-1-3-5-9/h1-7,14,18-19H,8H2. The van der Waals surface area contributed by atoms with Crippen LogP contribution in [0.5, 0.6) is 0 Å². The van der Waals surface area contributed by atoms with Crippen LogP contribution in [0, 0.1) is 17.5 Å². The maximum absolute atomic E-state index is 13.6. The van der Waals surface area contributed by atoms with E-state index < -0.39 is 30.1 Å². The van der Waals surface area contributed by atoms with Crippen LogP contribution in [0.3, 0.4) is 0 Å². The van der Waals surface area contributed by atoms with Crippen molar-refractivity contribution in [2.75, 3.05) is 11.9 Å². The molecule has 2 aromatic carbocycles. The van der Waals surface area contributed by atoms with Crippen molar-refractivity contribution in [3.8, 4) is 0 Å². The number of rotatable bonds is 4. The Morgan fingerprint density at radius 1 is 0.947 bits per heavy atom. The Bertz CT molecular complexity index is 560. The molecule has 100 valence electrons. The lowest BCUT2D eigenvalue weighted by molar-refractivity contribution is 0.273. The number of aliphatic hydroxyl groups excluding tert-OH is 1. The monoisotopic (exact) mass is 267 g/mol. The van der Waals surface area contributed by atoms with Gasteiger partial charge in [0.15, 0.2) is 11.6 Å². The highest BCUT2D eigenvalue weighted by molar-refractivity contribution is 5.45. The van der Waals surface area contributed by atoms with Crippen molar-refractivity contribution in [2.24, 2.45) is 0 Å². The summed E-state index contributed by atoms with van der Waals surface area (Å²) in [5.74, 6) is -3.30. The maximum atomic E-state index is 13.6. The zero-order chi connectivity index (χ0) is 13.8. The molecular weight excluding hydrogens is 255 g/mol. The van der Waals surface area contributed by atoms with Gasteiger partial charge in [-0.2, -0.15) is 0 Å². The number of benzene rings is 2. The highest BCUT2D eigenvalue weighted by Crippen LogP contribution is 2.23. The van der Waals surface area contributed by atoms with E-state index >= 15 is 0 Å². The molecule has 0 aliphatic carbocycles. The van der Waals surface area contributed by atoms with Gasteiger partial charge in [0.1, 0.15) is 5.82 Å². The molecule has 2 N–H and O–H groups in total. The smallest absolute Gasteiger partial charge is 0.161 e. The predicted molar refractivity (Wildman–Crippen MR) is 66.2 cm³/mol. The first-order valence-electron chi connectivity index (χ1n) is 5.68. The van der Waals surface area contributed by atoms with Crippen molar-refractivity contribution in [2.45, 2.75) is 6.04 Å². The molecule has 0 fully saturated rings. The number of hydrogen-bond acceptors (Lipinski definition) is 2. The zero-order valence-electron chi connectivity index (χ0n) is 9.91. The fourth-order valence-corrected chi connectivity index (χ4v) is 1.76. The van der Waals surface area contributed by atoms with Crippen LogP contribution in [0.1, 0.15) is 11.6 Å². The van der Waals surface area contributed by atoms with Gasteiger partial charge in [0.2, 0.25) is 0 Å². The van der Waals surface area contributed by atoms with Crippen molar-refractivity contribution in [3.63, 3.8) is 0 Å². The summed E-state index contributed by atoms with van der Waals surface area (Å²) in [6.07, 6.45) is 0. The Kier molecular flexibility index (Phi) is 4.06. The van der Waals surface area contributed by atoms with Crippen LogP contribution in [-0.4, -0.2) is 11.7 Å². The van der Waals surface area contributed by atoms with Crippen molar-refractivity contribution >= 4 is 5.69 Å². The molecule has 0 heterocycles. The van der Waals surface area contributed by atoms with Gasteiger partial charge in [-0.3, -0.25) is 0 Å². The fraction of sp³-hybridized carbons (Fsp3) is 0.143. The Labute approximate surface area is 108 Å². The molecule has 0 aliphatic rings. The quantitative estimate of drug-likeness (QED) is 0.833. The van der Waals surface area contributed by atoms with E-state index in [1.165, 1.54) is 0 Å². The topological polar surface area (TPSA) is 32.3 Å². The highest BCUT2D eigenvalue weighted by Gasteiger charge is 2.18. The summed E-state index contributed by atoms with van der Waals surface area (Å²) in [6, 6.07) is 9.15. The molecule has 2 aromatic rings. The van der Waals surface area contributed by atoms with E-state index in [9.17, 15) is 18.3 Å². The third-order valence-electron chi connectivity index (χ3n) is 2.71. The van der Waals surface area contributed by atoms with Gasteiger partial charge in [-0.25, -0.2) is 13.2 Å². The lowest BCUT2D eigenvalue weighted by atomic mass is 10.1. The second-order valence-electron chi connectivity index (χ2n) is 4.03. The summed E-state index contributed by atoms with van der Waals surface area (Å²) < 4.78 is 39.6. The third-order valence-corrected chi connectivity index (χ3v) is 2.71. The minimum Gasteiger partial charge on any atom is -0.394 e. The van der Waals surface area contributed by atoms with Crippen LogP contribution in [0.25, 0.3) is 0 Å². The Balaban J connectivity index is 2.30. The van der Waals surface area contributed by atoms with E-state index in [0.717, 1.165) is 6.07 Å². The number of nitrogens with one attached hydrogen (secondary N) is 1. The Hall–Kier alpha value is -2.01. The van der Waals surface area contributed by atoms with Gasteiger partial charge < -0.3 is 10.4 Å². The molecule has 0 saturated heterocycles. The first kappa shape index (κ1) is 13.4. The van der Waals surface area contributed by atoms with Gasteiger partial charge in [-0.15, -0.1) is 0 Å². The summed E-state index contributed by atoms with van der Waals surface area (Å²) >= 11 is 0. The molecule has 0 amide bonds. The molecule has 1 unspecified atom stereocenters. The Morgan fingerprint density at radius 3 is 2.21 bits per heavy atom. The molecule has 1 atom stereocenters. The highest BCUT2D eigenvalue weighted by atomic mass is 19.2. The number of hydrogen-bond donors (Lipinski definition) is 2. The van der Waals surface area contributed by atoms with Gasteiger partial charge in [-0.1, -0.05) is 18.2 Å². The first-order chi connectivity index (χ1) is 9.11. The Morgan fingerprint density at radius 2 is 1.58 bits per heavy atom. The van der Waals surface area contributed by atoms with E-state index in [2.05, 4.69) is 5.32 Å². The normalized spacial score (nSPS) is 12.2. The fourth-order valence-electron chi connectivity index (χ4n) is 1.76. The van der Waals surface area contributed by atoms with Crippen LogP contribution in [0.4, 0.5) is 18.9 Å². The molecule has 0 aliphatic heterocycles. The largest absolute Gasteiger partial charge is 0.394 e. The molecule has 2 rings (SSSR count). The van der Waals surface area contributed by atoms with Crippen molar-refractivity contribution in [1.82, 2.24) is 0 Å². The average Bonchev–Trinajstić information content (AvgIpc) is 2.42. The molecule has 0 bridgehead atoms. The van der Waals surface area contributed by atoms with E-state index in [4.69, 9.17) is 0 Å². The minimum atomic E-state index is -1.25. The van der Waals surface area contributed by atoms with Crippen LogP contribution >= 0.6 is 0 Å². The summed E-state index contributed by atoms with van der Waals surface area (Å²) in [7, 11) is 0. The van der Waals surface area contributed by atoms with Crippen LogP contribution in [0.15, 0.2) is 42.5 Å². The molecule has 0 radical (unpaired) electrons. The third kappa shape index (κ3) is 3.06. The lowest BCUT2D eigenvalue weighted by Crippen LogP contribution is -2.17. The summed E-state index contributed by atoms with van der Waals surface area (Å²) in [5.41, 5.74) is 0.524. The average molecular weight is 267 g/mol. The molecule has 0 spiro atoms. The van der Waals surface area contributed by atoms with Crippen LogP contribution in [-0.2, 0) is 0 Å². The van der Waals surface area contributed by atoms with Gasteiger partial charge in [0, 0.05) is 17.3 Å². The number of anilines is 1. The predicted octanol–water partition coefficient (Wildman–Crippen LogP) is 3.25. The molecule has 2 nitrogen and oxygen atoms in total. The van der Waals surface area contributed by atoms with Gasteiger partial charge in [0.25, 0.3) is 0 Å². The van der Waals surface area contributed by atoms with E-state index in [0.29, 0.717) is 11.8 Å². The minimum absolute atomic E-state index is 0.120. The van der Waals surface area contributed by atoms with E-state index in [1.807, 2.05) is 0 Å². The summed E-state index contributed by atoms with van der Waals surface area (Å²) in [6.45, 7) is -0.448. The number of aliphatic hydroxyl groups is 1. The van der Waals surface area contributed by atoms with Gasteiger partial charge >= 0.3 is 0 Å². The molecule has 5 heteroatoms. The molecule has 0 saturated carbocycles. The van der Waals surface area contributed by atoms with Crippen molar-refractivity contribution < 1.29 is 18.3 Å².